The first-order valence-electron chi connectivity index (χ1n) is 6.95. The van der Waals surface area contributed by atoms with Crippen LogP contribution < -0.4 is 5.23 Å². The van der Waals surface area contributed by atoms with Crippen molar-refractivity contribution in [3.63, 3.8) is 0 Å². The van der Waals surface area contributed by atoms with Crippen LogP contribution in [0.3, 0.4) is 0 Å². The molecule has 0 fully saturated rings. The Morgan fingerprint density at radius 3 is 2.61 bits per heavy atom. The second kappa shape index (κ2) is 7.90. The van der Waals surface area contributed by atoms with Crippen LogP contribution in [0.1, 0.15) is 5.56 Å². The van der Waals surface area contributed by atoms with Crippen molar-refractivity contribution in [3.8, 4) is 11.1 Å². The Morgan fingerprint density at radius 1 is 1.30 bits per heavy atom. The second-order valence-corrected chi connectivity index (χ2v) is 5.43. The van der Waals surface area contributed by atoms with E-state index in [1.165, 1.54) is 18.2 Å². The molecule has 23 heavy (non-hydrogen) atoms. The highest BCUT2D eigenvalue weighted by Gasteiger charge is 2.17. The lowest BCUT2D eigenvalue weighted by molar-refractivity contribution is -0.138. The number of carboxylic acid groups (broad SMARTS) is 1. The average molecular weight is 334 g/mol. The van der Waals surface area contributed by atoms with E-state index in [0.717, 1.165) is 5.56 Å². The zero-order chi connectivity index (χ0) is 16.8. The van der Waals surface area contributed by atoms with E-state index >= 15 is 0 Å². The van der Waals surface area contributed by atoms with Crippen LogP contribution in [0.25, 0.3) is 11.1 Å². The van der Waals surface area contributed by atoms with Gasteiger partial charge in [-0.3, -0.25) is 4.79 Å². The highest BCUT2D eigenvalue weighted by molar-refractivity contribution is 6.64. The molecule has 2 N–H and O–H groups in total. The summed E-state index contributed by atoms with van der Waals surface area (Å²) in [5.41, 5.74) is 1.81. The fourth-order valence-corrected chi connectivity index (χ4v) is 2.38. The summed E-state index contributed by atoms with van der Waals surface area (Å²) in [6, 6.07) is 10.3. The van der Waals surface area contributed by atoms with E-state index in [4.69, 9.17) is 16.7 Å². The standard InChI is InChI=1S/C16H14BClFNO3/c18-12-5-6-14(19)13(8-12)11-3-1-10(2-4-11)7-15(16(22)23)20-17-9-21/h1-6,8-9,15,17,20H,7H2,(H,22,23)/t15-/m1/s1. The Kier molecular flexibility index (Phi) is 5.90. The molecule has 0 aromatic heterocycles. The van der Waals surface area contributed by atoms with Gasteiger partial charge in [-0.05, 0) is 35.7 Å². The van der Waals surface area contributed by atoms with E-state index in [9.17, 15) is 14.0 Å². The molecule has 7 heteroatoms. The molecule has 0 heterocycles. The van der Waals surface area contributed by atoms with Crippen molar-refractivity contribution in [2.45, 2.75) is 12.5 Å². The minimum atomic E-state index is -1.03. The summed E-state index contributed by atoms with van der Waals surface area (Å²) in [6.45, 7) is 0. The highest BCUT2D eigenvalue weighted by Crippen LogP contribution is 2.26. The first-order valence-corrected chi connectivity index (χ1v) is 7.33. The summed E-state index contributed by atoms with van der Waals surface area (Å²) in [5.74, 6) is -1.41. The third kappa shape index (κ3) is 4.64. The van der Waals surface area contributed by atoms with E-state index in [-0.39, 0.29) is 19.7 Å². The average Bonchev–Trinajstić information content (AvgIpc) is 2.54. The zero-order valence-corrected chi connectivity index (χ0v) is 12.9. The third-order valence-electron chi connectivity index (χ3n) is 3.38. The smallest absolute Gasteiger partial charge is 0.320 e. The number of benzene rings is 2. The number of carbonyl (C=O) groups is 2. The van der Waals surface area contributed by atoms with E-state index in [0.29, 0.717) is 22.3 Å². The number of carbonyl (C=O) groups excluding carboxylic acids is 1. The Morgan fingerprint density at radius 2 is 2.00 bits per heavy atom. The maximum Gasteiger partial charge on any atom is 0.320 e. The predicted octanol–water partition coefficient (Wildman–Crippen LogP) is 2.27. The van der Waals surface area contributed by atoms with E-state index in [2.05, 4.69) is 5.23 Å². The van der Waals surface area contributed by atoms with Crippen LogP contribution in [0, 0.1) is 5.82 Å². The summed E-state index contributed by atoms with van der Waals surface area (Å²) in [5, 5.41) is 12.2. The molecule has 0 unspecified atom stereocenters. The molecule has 0 aliphatic carbocycles. The van der Waals surface area contributed by atoms with Gasteiger partial charge in [0.25, 0.3) is 7.41 Å². The Bertz CT molecular complexity index is 709. The van der Waals surface area contributed by atoms with Gasteiger partial charge in [0.2, 0.25) is 0 Å². The van der Waals surface area contributed by atoms with Gasteiger partial charge in [0.15, 0.2) is 0 Å². The van der Waals surface area contributed by atoms with Crippen LogP contribution in [0.15, 0.2) is 42.5 Å². The van der Waals surface area contributed by atoms with Crippen molar-refractivity contribution in [3.05, 3.63) is 58.9 Å². The number of aliphatic carboxylic acids is 1. The number of hydrogen-bond acceptors (Lipinski definition) is 3. The fourth-order valence-electron chi connectivity index (χ4n) is 2.21. The maximum atomic E-state index is 13.8. The number of nitrogens with one attached hydrogen (secondary N) is 1. The molecule has 1 atom stereocenters. The van der Waals surface area contributed by atoms with Gasteiger partial charge in [0.1, 0.15) is 11.9 Å². The van der Waals surface area contributed by atoms with E-state index < -0.39 is 12.0 Å². The third-order valence-corrected chi connectivity index (χ3v) is 3.61. The molecule has 118 valence electrons. The van der Waals surface area contributed by atoms with E-state index in [1.54, 1.807) is 24.3 Å². The Balaban J connectivity index is 2.17. The van der Waals surface area contributed by atoms with Crippen LogP contribution in [-0.4, -0.2) is 30.7 Å². The normalized spacial score (nSPS) is 11.7. The van der Waals surface area contributed by atoms with E-state index in [1.807, 2.05) is 0 Å². The fraction of sp³-hybridized carbons (Fsp3) is 0.125. The molecule has 0 bridgehead atoms. The Labute approximate surface area is 138 Å². The van der Waals surface area contributed by atoms with Crippen molar-refractivity contribution in [2.75, 3.05) is 0 Å². The highest BCUT2D eigenvalue weighted by atomic mass is 35.5. The van der Waals surface area contributed by atoms with Crippen molar-refractivity contribution in [1.82, 2.24) is 5.23 Å². The summed E-state index contributed by atoms with van der Waals surface area (Å²) >= 11 is 5.88. The molecule has 0 saturated carbocycles. The van der Waals surface area contributed by atoms with Gasteiger partial charge in [-0.15, -0.1) is 0 Å². The lowest BCUT2D eigenvalue weighted by Gasteiger charge is -2.13. The quantitative estimate of drug-likeness (QED) is 0.602. The molecule has 2 aromatic carbocycles. The second-order valence-electron chi connectivity index (χ2n) is 4.99. The van der Waals surface area contributed by atoms with Crippen molar-refractivity contribution in [2.24, 2.45) is 0 Å². The van der Waals surface area contributed by atoms with Gasteiger partial charge in [-0.25, -0.2) is 4.39 Å². The Hall–Kier alpha value is -2.18. The zero-order valence-electron chi connectivity index (χ0n) is 12.1. The van der Waals surface area contributed by atoms with Gasteiger partial charge >= 0.3 is 5.97 Å². The van der Waals surface area contributed by atoms with Gasteiger partial charge in [-0.2, -0.15) is 0 Å². The molecule has 4 nitrogen and oxygen atoms in total. The van der Waals surface area contributed by atoms with Crippen LogP contribution in [0.4, 0.5) is 4.39 Å². The minimum Gasteiger partial charge on any atom is -0.480 e. The lowest BCUT2D eigenvalue weighted by Crippen LogP contribution is -2.41. The SMILES string of the molecule is O=CBN[C@H](Cc1ccc(-c2cc(Cl)ccc2F)cc1)C(=O)O. The molecule has 0 saturated heterocycles. The van der Waals surface area contributed by atoms with Crippen LogP contribution in [0.2, 0.25) is 5.02 Å². The first-order chi connectivity index (χ1) is 11.0. The molecule has 2 aromatic rings. The number of halogens is 2. The van der Waals surface area contributed by atoms with Gasteiger partial charge in [0, 0.05) is 10.6 Å². The number of carboxylic acids is 1. The van der Waals surface area contributed by atoms with Gasteiger partial charge < -0.3 is 15.1 Å². The predicted molar refractivity (Wildman–Crippen MR) is 89.0 cm³/mol. The topological polar surface area (TPSA) is 66.4 Å². The maximum absolute atomic E-state index is 13.8. The molecule has 0 aliphatic rings. The summed E-state index contributed by atoms with van der Waals surface area (Å²) < 4.78 is 13.8. The molecular formula is C16H14BClFNO3. The van der Waals surface area contributed by atoms with Crippen LogP contribution in [0.5, 0.6) is 0 Å². The molecule has 0 radical (unpaired) electrons. The van der Waals surface area contributed by atoms with Crippen molar-refractivity contribution in [1.29, 1.82) is 0 Å². The number of hydrogen-bond donors (Lipinski definition) is 2. The first kappa shape index (κ1) is 17.2. The van der Waals surface area contributed by atoms with Crippen LogP contribution >= 0.6 is 11.6 Å². The summed E-state index contributed by atoms with van der Waals surface area (Å²) in [7, 11) is -0.0250. The summed E-state index contributed by atoms with van der Waals surface area (Å²) in [4.78, 5) is 21.5. The van der Waals surface area contributed by atoms with Crippen LogP contribution in [-0.2, 0) is 16.0 Å². The monoisotopic (exact) mass is 333 g/mol. The molecule has 2 rings (SSSR count). The summed E-state index contributed by atoms with van der Waals surface area (Å²) in [6.07, 6.45) is 0.836. The van der Waals surface area contributed by atoms with Gasteiger partial charge in [0.05, 0.1) is 6.19 Å². The molecule has 0 aliphatic heterocycles. The van der Waals surface area contributed by atoms with Crippen molar-refractivity contribution < 1.29 is 19.1 Å². The molecule has 0 spiro atoms. The molecule has 0 amide bonds. The lowest BCUT2D eigenvalue weighted by atomic mass is 9.93. The molecular weight excluding hydrogens is 319 g/mol. The van der Waals surface area contributed by atoms with Crippen molar-refractivity contribution >= 4 is 31.2 Å². The van der Waals surface area contributed by atoms with Gasteiger partial charge in [-0.1, -0.05) is 35.9 Å². The number of rotatable bonds is 7. The minimum absolute atomic E-state index is 0.0250. The largest absolute Gasteiger partial charge is 0.480 e.